The van der Waals surface area contributed by atoms with E-state index < -0.39 is 0 Å². The first-order chi connectivity index (χ1) is 8.28. The first kappa shape index (κ1) is 12.1. The van der Waals surface area contributed by atoms with E-state index in [9.17, 15) is 0 Å². The van der Waals surface area contributed by atoms with Crippen LogP contribution in [0, 0.1) is 6.92 Å². The Bertz CT molecular complexity index is 482. The summed E-state index contributed by atoms with van der Waals surface area (Å²) in [7, 11) is 1.71. The van der Waals surface area contributed by atoms with Gasteiger partial charge in [0.25, 0.3) is 0 Å². The second-order valence-electron chi connectivity index (χ2n) is 3.83. The number of benzene rings is 1. The molecule has 0 fully saturated rings. The maximum absolute atomic E-state index is 5.11. The Hall–Kier alpha value is -1.39. The van der Waals surface area contributed by atoms with E-state index in [0.29, 0.717) is 6.61 Å². The molecule has 0 saturated heterocycles. The van der Waals surface area contributed by atoms with Crippen LogP contribution in [-0.2, 0) is 17.9 Å². The zero-order valence-electron chi connectivity index (χ0n) is 10.1. The predicted molar refractivity (Wildman–Crippen MR) is 71.3 cm³/mol. The molecule has 0 aliphatic rings. The zero-order valence-corrected chi connectivity index (χ0v) is 10.9. The van der Waals surface area contributed by atoms with Crippen molar-refractivity contribution in [1.29, 1.82) is 0 Å². The molecule has 2 aromatic rings. The Balaban J connectivity index is 1.96. The number of aryl methyl sites for hydroxylation is 1. The highest BCUT2D eigenvalue weighted by atomic mass is 32.1. The van der Waals surface area contributed by atoms with Gasteiger partial charge in [-0.3, -0.25) is 0 Å². The molecule has 1 aromatic heterocycles. The Morgan fingerprint density at radius 1 is 1.41 bits per heavy atom. The molecule has 0 atom stereocenters. The molecule has 1 aromatic carbocycles. The molecule has 0 saturated carbocycles. The standard InChI is InChI=1S/C13H16N2OS/c1-10-14-7-13(17-10)8-15-12-5-3-4-11(6-12)9-16-2/h3-7,15H,8-9H2,1-2H3. The van der Waals surface area contributed by atoms with Crippen molar-refractivity contribution in [3.05, 3.63) is 45.9 Å². The van der Waals surface area contributed by atoms with Crippen molar-refractivity contribution < 1.29 is 4.74 Å². The van der Waals surface area contributed by atoms with Crippen LogP contribution in [0.3, 0.4) is 0 Å². The summed E-state index contributed by atoms with van der Waals surface area (Å²) in [5.74, 6) is 0. The molecule has 0 aliphatic heterocycles. The van der Waals surface area contributed by atoms with Crippen molar-refractivity contribution in [2.75, 3.05) is 12.4 Å². The molecule has 0 aliphatic carbocycles. The van der Waals surface area contributed by atoms with Gasteiger partial charge in [0.05, 0.1) is 18.2 Å². The summed E-state index contributed by atoms with van der Waals surface area (Å²) < 4.78 is 5.11. The van der Waals surface area contributed by atoms with E-state index in [1.165, 1.54) is 10.4 Å². The molecule has 17 heavy (non-hydrogen) atoms. The number of aromatic nitrogens is 1. The Morgan fingerprint density at radius 2 is 2.29 bits per heavy atom. The highest BCUT2D eigenvalue weighted by molar-refractivity contribution is 7.11. The monoisotopic (exact) mass is 248 g/mol. The lowest BCUT2D eigenvalue weighted by Crippen LogP contribution is -1.98. The fraction of sp³-hybridized carbons (Fsp3) is 0.308. The fourth-order valence-corrected chi connectivity index (χ4v) is 2.35. The smallest absolute Gasteiger partial charge is 0.0897 e. The van der Waals surface area contributed by atoms with Crippen molar-refractivity contribution in [3.63, 3.8) is 0 Å². The molecule has 1 heterocycles. The van der Waals surface area contributed by atoms with Crippen LogP contribution >= 0.6 is 11.3 Å². The van der Waals surface area contributed by atoms with Crippen LogP contribution in [0.15, 0.2) is 30.5 Å². The number of ether oxygens (including phenoxy) is 1. The number of methoxy groups -OCH3 is 1. The SMILES string of the molecule is COCc1cccc(NCc2cnc(C)s2)c1. The number of nitrogens with one attached hydrogen (secondary N) is 1. The molecule has 0 spiro atoms. The average Bonchev–Trinajstić information content (AvgIpc) is 2.74. The summed E-state index contributed by atoms with van der Waals surface area (Å²) in [6, 6.07) is 8.27. The van der Waals surface area contributed by atoms with Gasteiger partial charge in [-0.05, 0) is 24.6 Å². The van der Waals surface area contributed by atoms with Gasteiger partial charge in [0.15, 0.2) is 0 Å². The van der Waals surface area contributed by atoms with Gasteiger partial charge in [-0.1, -0.05) is 12.1 Å². The van der Waals surface area contributed by atoms with E-state index in [-0.39, 0.29) is 0 Å². The predicted octanol–water partition coefficient (Wildman–Crippen LogP) is 3.21. The molecule has 0 unspecified atom stereocenters. The lowest BCUT2D eigenvalue weighted by atomic mass is 10.2. The van der Waals surface area contributed by atoms with Gasteiger partial charge < -0.3 is 10.1 Å². The van der Waals surface area contributed by atoms with Gasteiger partial charge in [-0.15, -0.1) is 11.3 Å². The summed E-state index contributed by atoms with van der Waals surface area (Å²) in [6.45, 7) is 3.49. The van der Waals surface area contributed by atoms with Gasteiger partial charge in [-0.2, -0.15) is 0 Å². The third kappa shape index (κ3) is 3.54. The normalized spacial score (nSPS) is 10.5. The molecular formula is C13H16N2OS. The average molecular weight is 248 g/mol. The molecule has 1 N–H and O–H groups in total. The summed E-state index contributed by atoms with van der Waals surface area (Å²) in [4.78, 5) is 5.48. The van der Waals surface area contributed by atoms with Gasteiger partial charge >= 0.3 is 0 Å². The van der Waals surface area contributed by atoms with Crippen LogP contribution in [0.25, 0.3) is 0 Å². The largest absolute Gasteiger partial charge is 0.380 e. The molecule has 0 amide bonds. The van der Waals surface area contributed by atoms with Crippen LogP contribution in [0.2, 0.25) is 0 Å². The molecule has 0 bridgehead atoms. The van der Waals surface area contributed by atoms with Gasteiger partial charge in [-0.25, -0.2) is 4.98 Å². The molecule has 3 nitrogen and oxygen atoms in total. The highest BCUT2D eigenvalue weighted by Crippen LogP contribution is 2.16. The van der Waals surface area contributed by atoms with Crippen molar-refractivity contribution in [2.45, 2.75) is 20.1 Å². The first-order valence-electron chi connectivity index (χ1n) is 5.51. The van der Waals surface area contributed by atoms with E-state index in [2.05, 4.69) is 28.5 Å². The van der Waals surface area contributed by atoms with Crippen molar-refractivity contribution in [3.8, 4) is 0 Å². The summed E-state index contributed by atoms with van der Waals surface area (Å²) >= 11 is 1.72. The Labute approximate surface area is 105 Å². The molecule has 4 heteroatoms. The van der Waals surface area contributed by atoms with Gasteiger partial charge in [0, 0.05) is 23.9 Å². The number of anilines is 1. The third-order valence-corrected chi connectivity index (χ3v) is 3.29. The summed E-state index contributed by atoms with van der Waals surface area (Å²) in [5, 5.41) is 4.49. The Morgan fingerprint density at radius 3 is 3.00 bits per heavy atom. The summed E-state index contributed by atoms with van der Waals surface area (Å²) in [5.41, 5.74) is 2.29. The number of thiazole rings is 1. The minimum absolute atomic E-state index is 0.648. The number of nitrogens with zero attached hydrogens (tertiary/aromatic N) is 1. The Kier molecular flexibility index (Phi) is 4.12. The van der Waals surface area contributed by atoms with E-state index >= 15 is 0 Å². The maximum Gasteiger partial charge on any atom is 0.0897 e. The van der Waals surface area contributed by atoms with E-state index in [1.54, 1.807) is 18.4 Å². The van der Waals surface area contributed by atoms with Crippen molar-refractivity contribution in [2.24, 2.45) is 0 Å². The molecule has 2 rings (SSSR count). The lowest BCUT2D eigenvalue weighted by molar-refractivity contribution is 0.185. The first-order valence-corrected chi connectivity index (χ1v) is 6.32. The van der Waals surface area contributed by atoms with Crippen LogP contribution in [0.1, 0.15) is 15.4 Å². The molecule has 90 valence electrons. The lowest BCUT2D eigenvalue weighted by Gasteiger charge is -2.06. The van der Waals surface area contributed by atoms with Gasteiger partial charge in [0.2, 0.25) is 0 Å². The minimum atomic E-state index is 0.648. The quantitative estimate of drug-likeness (QED) is 0.882. The number of hydrogen-bond acceptors (Lipinski definition) is 4. The second kappa shape index (κ2) is 5.80. The van der Waals surface area contributed by atoms with Crippen LogP contribution < -0.4 is 5.32 Å². The maximum atomic E-state index is 5.11. The molecule has 0 radical (unpaired) electrons. The number of hydrogen-bond donors (Lipinski definition) is 1. The minimum Gasteiger partial charge on any atom is -0.380 e. The van der Waals surface area contributed by atoms with Crippen LogP contribution in [0.4, 0.5) is 5.69 Å². The van der Waals surface area contributed by atoms with E-state index in [0.717, 1.165) is 17.2 Å². The topological polar surface area (TPSA) is 34.1 Å². The second-order valence-corrected chi connectivity index (χ2v) is 5.15. The van der Waals surface area contributed by atoms with E-state index in [1.807, 2.05) is 19.2 Å². The van der Waals surface area contributed by atoms with E-state index in [4.69, 9.17) is 4.74 Å². The van der Waals surface area contributed by atoms with Crippen molar-refractivity contribution >= 4 is 17.0 Å². The zero-order chi connectivity index (χ0) is 12.1. The fourth-order valence-electron chi connectivity index (χ4n) is 1.61. The third-order valence-electron chi connectivity index (χ3n) is 2.37. The summed E-state index contributed by atoms with van der Waals surface area (Å²) in [6.07, 6.45) is 1.92. The van der Waals surface area contributed by atoms with Crippen LogP contribution in [0.5, 0.6) is 0 Å². The number of rotatable bonds is 5. The van der Waals surface area contributed by atoms with Crippen molar-refractivity contribution in [1.82, 2.24) is 4.98 Å². The highest BCUT2D eigenvalue weighted by Gasteiger charge is 1.99. The van der Waals surface area contributed by atoms with Gasteiger partial charge in [0.1, 0.15) is 0 Å². The molecular weight excluding hydrogens is 232 g/mol. The van der Waals surface area contributed by atoms with Crippen LogP contribution in [-0.4, -0.2) is 12.1 Å².